The van der Waals surface area contributed by atoms with Gasteiger partial charge in [0.05, 0.1) is 6.54 Å². The van der Waals surface area contributed by atoms with Crippen LogP contribution in [0.2, 0.25) is 0 Å². The summed E-state index contributed by atoms with van der Waals surface area (Å²) in [6, 6.07) is 8.08. The Labute approximate surface area is 99.7 Å². The van der Waals surface area contributed by atoms with Gasteiger partial charge in [0.15, 0.2) is 0 Å². The third-order valence-corrected chi connectivity index (χ3v) is 2.97. The first-order valence-electron chi connectivity index (χ1n) is 5.89. The Hall–Kier alpha value is -1.00. The molecule has 0 radical (unpaired) electrons. The Morgan fingerprint density at radius 2 is 1.88 bits per heavy atom. The lowest BCUT2D eigenvalue weighted by Gasteiger charge is -2.14. The van der Waals surface area contributed by atoms with E-state index >= 15 is 0 Å². The van der Waals surface area contributed by atoms with Crippen LogP contribution >= 0.6 is 0 Å². The summed E-state index contributed by atoms with van der Waals surface area (Å²) < 4.78 is 25.4. The Morgan fingerprint density at radius 3 is 2.41 bits per heavy atom. The zero-order valence-electron chi connectivity index (χ0n) is 9.63. The lowest BCUT2D eigenvalue weighted by molar-refractivity contribution is -0.0477. The fourth-order valence-corrected chi connectivity index (χ4v) is 1.77. The van der Waals surface area contributed by atoms with Gasteiger partial charge in [0, 0.05) is 6.54 Å². The summed E-state index contributed by atoms with van der Waals surface area (Å²) in [5.74, 6) is -2.32. The predicted octanol–water partition coefficient (Wildman–Crippen LogP) is 2.28. The molecule has 2 rings (SSSR count). The van der Waals surface area contributed by atoms with Crippen LogP contribution in [-0.4, -0.2) is 24.2 Å². The number of hydrogen-bond acceptors (Lipinski definition) is 2. The van der Waals surface area contributed by atoms with Crippen LogP contribution in [-0.2, 0) is 6.54 Å². The van der Waals surface area contributed by atoms with E-state index in [2.05, 4.69) is 17.4 Å². The zero-order chi connectivity index (χ0) is 12.3. The second-order valence-corrected chi connectivity index (χ2v) is 4.63. The highest BCUT2D eigenvalue weighted by Crippen LogP contribution is 2.39. The number of hydrogen-bond donors (Lipinski definition) is 2. The molecule has 0 atom stereocenters. The Morgan fingerprint density at radius 1 is 1.24 bits per heavy atom. The lowest BCUT2D eigenvalue weighted by atomic mass is 10.1. The summed E-state index contributed by atoms with van der Waals surface area (Å²) >= 11 is 0. The molecule has 1 aliphatic rings. The average Bonchev–Trinajstić information content (AvgIpc) is 3.14. The second kappa shape index (κ2) is 5.10. The molecule has 0 bridgehead atoms. The first kappa shape index (κ1) is 12.5. The normalized spacial score (nSPS) is 16.2. The van der Waals surface area contributed by atoms with Gasteiger partial charge in [-0.2, -0.15) is 0 Å². The van der Waals surface area contributed by atoms with E-state index < -0.39 is 19.1 Å². The highest BCUT2D eigenvalue weighted by molar-refractivity contribution is 5.27. The van der Waals surface area contributed by atoms with Gasteiger partial charge in [-0.25, -0.2) is 8.78 Å². The maximum Gasteiger partial charge on any atom is 0.282 e. The van der Waals surface area contributed by atoms with Crippen molar-refractivity contribution in [2.45, 2.75) is 31.2 Å². The monoisotopic (exact) mass is 241 g/mol. The molecule has 1 saturated carbocycles. The molecule has 17 heavy (non-hydrogen) atoms. The molecule has 94 valence electrons. The summed E-state index contributed by atoms with van der Waals surface area (Å²) in [4.78, 5) is 0. The van der Waals surface area contributed by atoms with Crippen molar-refractivity contribution in [3.05, 3.63) is 35.4 Å². The minimum Gasteiger partial charge on any atom is -0.390 e. The van der Waals surface area contributed by atoms with Gasteiger partial charge in [0.25, 0.3) is 5.92 Å². The number of rotatable bonds is 6. The first-order chi connectivity index (χ1) is 8.11. The van der Waals surface area contributed by atoms with Crippen LogP contribution in [0.25, 0.3) is 0 Å². The maximum atomic E-state index is 12.7. The van der Waals surface area contributed by atoms with Gasteiger partial charge >= 0.3 is 0 Å². The third kappa shape index (κ3) is 3.75. The molecule has 1 fully saturated rings. The molecule has 1 aromatic rings. The van der Waals surface area contributed by atoms with Crippen LogP contribution in [0.5, 0.6) is 0 Å². The van der Waals surface area contributed by atoms with Crippen LogP contribution in [0.4, 0.5) is 8.78 Å². The van der Waals surface area contributed by atoms with E-state index in [4.69, 9.17) is 5.11 Å². The summed E-state index contributed by atoms with van der Waals surface area (Å²) in [6.07, 6.45) is 2.53. The molecule has 1 aromatic carbocycles. The van der Waals surface area contributed by atoms with Crippen molar-refractivity contribution in [1.82, 2.24) is 5.32 Å². The van der Waals surface area contributed by atoms with E-state index in [9.17, 15) is 8.78 Å². The van der Waals surface area contributed by atoms with Crippen molar-refractivity contribution >= 4 is 0 Å². The molecule has 2 nitrogen and oxygen atoms in total. The summed E-state index contributed by atoms with van der Waals surface area (Å²) in [5, 5.41) is 11.1. The predicted molar refractivity (Wildman–Crippen MR) is 62.2 cm³/mol. The van der Waals surface area contributed by atoms with E-state index in [0.717, 1.165) is 11.5 Å². The molecule has 0 saturated heterocycles. The van der Waals surface area contributed by atoms with Crippen molar-refractivity contribution in [1.29, 1.82) is 0 Å². The van der Waals surface area contributed by atoms with Crippen LogP contribution < -0.4 is 5.32 Å². The number of benzene rings is 1. The summed E-state index contributed by atoms with van der Waals surface area (Å²) in [7, 11) is 0. The van der Waals surface area contributed by atoms with Crippen LogP contribution in [0.3, 0.4) is 0 Å². The standard InChI is InChI=1S/C13H17F2NO/c14-13(15,9-17)8-16-7-10-1-3-11(4-2-10)12-5-6-12/h1-4,12,16-17H,5-9H2. The van der Waals surface area contributed by atoms with Crippen molar-refractivity contribution in [3.63, 3.8) is 0 Å². The summed E-state index contributed by atoms with van der Waals surface area (Å²) in [5.41, 5.74) is 2.33. The van der Waals surface area contributed by atoms with Gasteiger partial charge in [-0.1, -0.05) is 24.3 Å². The smallest absolute Gasteiger partial charge is 0.282 e. The Balaban J connectivity index is 1.78. The van der Waals surface area contributed by atoms with Gasteiger partial charge in [-0.15, -0.1) is 0 Å². The van der Waals surface area contributed by atoms with Gasteiger partial charge in [-0.3, -0.25) is 0 Å². The number of halogens is 2. The average molecular weight is 241 g/mol. The minimum absolute atomic E-state index is 0.403. The van der Waals surface area contributed by atoms with E-state index in [0.29, 0.717) is 6.54 Å². The van der Waals surface area contributed by atoms with Crippen molar-refractivity contribution < 1.29 is 13.9 Å². The molecule has 1 aliphatic carbocycles. The quantitative estimate of drug-likeness (QED) is 0.801. The number of alkyl halides is 2. The topological polar surface area (TPSA) is 32.3 Å². The molecule has 4 heteroatoms. The van der Waals surface area contributed by atoms with Crippen LogP contribution in [0.1, 0.15) is 29.9 Å². The molecule has 0 aromatic heterocycles. The number of nitrogens with one attached hydrogen (secondary N) is 1. The van der Waals surface area contributed by atoms with Gasteiger partial charge < -0.3 is 10.4 Å². The SMILES string of the molecule is OCC(F)(F)CNCc1ccc(C2CC2)cc1. The molecule has 0 spiro atoms. The number of aliphatic hydroxyl groups excluding tert-OH is 1. The minimum atomic E-state index is -3.03. The fraction of sp³-hybridized carbons (Fsp3) is 0.538. The largest absolute Gasteiger partial charge is 0.390 e. The molecule has 0 heterocycles. The van der Waals surface area contributed by atoms with E-state index in [1.807, 2.05) is 12.1 Å². The third-order valence-electron chi connectivity index (χ3n) is 2.97. The highest BCUT2D eigenvalue weighted by atomic mass is 19.3. The van der Waals surface area contributed by atoms with Gasteiger partial charge in [0.2, 0.25) is 0 Å². The van der Waals surface area contributed by atoms with Gasteiger partial charge in [0.1, 0.15) is 6.61 Å². The molecule has 0 amide bonds. The zero-order valence-corrected chi connectivity index (χ0v) is 9.63. The molecule has 2 N–H and O–H groups in total. The van der Waals surface area contributed by atoms with E-state index in [-0.39, 0.29) is 0 Å². The van der Waals surface area contributed by atoms with Crippen molar-refractivity contribution in [3.8, 4) is 0 Å². The van der Waals surface area contributed by atoms with Gasteiger partial charge in [-0.05, 0) is 29.9 Å². The number of aliphatic hydroxyl groups is 1. The Kier molecular flexibility index (Phi) is 3.74. The molecular weight excluding hydrogens is 224 g/mol. The fourth-order valence-electron chi connectivity index (χ4n) is 1.77. The maximum absolute atomic E-state index is 12.7. The summed E-state index contributed by atoms with van der Waals surface area (Å²) in [6.45, 7) is -1.20. The Bertz CT molecular complexity index is 360. The first-order valence-corrected chi connectivity index (χ1v) is 5.89. The van der Waals surface area contributed by atoms with E-state index in [1.54, 1.807) is 0 Å². The van der Waals surface area contributed by atoms with Crippen LogP contribution in [0, 0.1) is 0 Å². The van der Waals surface area contributed by atoms with Crippen molar-refractivity contribution in [2.24, 2.45) is 0 Å². The second-order valence-electron chi connectivity index (χ2n) is 4.63. The van der Waals surface area contributed by atoms with Crippen molar-refractivity contribution in [2.75, 3.05) is 13.2 Å². The molecule has 0 unspecified atom stereocenters. The molecular formula is C13H17F2NO. The van der Waals surface area contributed by atoms with Crippen LogP contribution in [0.15, 0.2) is 24.3 Å². The molecule has 0 aliphatic heterocycles. The highest BCUT2D eigenvalue weighted by Gasteiger charge is 2.26. The van der Waals surface area contributed by atoms with E-state index in [1.165, 1.54) is 18.4 Å². The lowest BCUT2D eigenvalue weighted by Crippen LogP contribution is -2.35.